The molecule has 5 heteroatoms. The molecule has 26 heavy (non-hydrogen) atoms. The van der Waals surface area contributed by atoms with Gasteiger partial charge in [-0.05, 0) is 38.5 Å². The lowest BCUT2D eigenvalue weighted by atomic mass is 10.1. The van der Waals surface area contributed by atoms with E-state index in [1.807, 2.05) is 60.7 Å². The Hall–Kier alpha value is -2.59. The highest BCUT2D eigenvalue weighted by molar-refractivity contribution is 6.30. The number of nitrogens with zero attached hydrogens (tertiary/aromatic N) is 2. The van der Waals surface area contributed by atoms with Gasteiger partial charge >= 0.3 is 0 Å². The molecular formula is C21H23ClN4. The summed E-state index contributed by atoms with van der Waals surface area (Å²) in [6.45, 7) is 6.93. The van der Waals surface area contributed by atoms with Crippen molar-refractivity contribution >= 4 is 23.4 Å². The van der Waals surface area contributed by atoms with Crippen molar-refractivity contribution < 1.29 is 0 Å². The Morgan fingerprint density at radius 2 is 1.62 bits per heavy atom. The molecular weight excluding hydrogens is 344 g/mol. The predicted molar refractivity (Wildman–Crippen MR) is 110 cm³/mol. The molecule has 0 saturated heterocycles. The maximum absolute atomic E-state index is 5.95. The molecule has 0 spiro atoms. The average Bonchev–Trinajstić information content (AvgIpc) is 2.60. The SMILES string of the molecule is CC(C)(C)Nc1nc(NCc2ccc(Cl)cc2)cc(-c2ccccc2)n1. The van der Waals surface area contributed by atoms with E-state index in [0.29, 0.717) is 12.5 Å². The quantitative estimate of drug-likeness (QED) is 0.615. The number of anilines is 2. The minimum absolute atomic E-state index is 0.122. The first kappa shape index (κ1) is 18.2. The summed E-state index contributed by atoms with van der Waals surface area (Å²) in [5.41, 5.74) is 2.95. The number of rotatable bonds is 5. The molecule has 0 unspecified atom stereocenters. The summed E-state index contributed by atoms with van der Waals surface area (Å²) < 4.78 is 0. The lowest BCUT2D eigenvalue weighted by Crippen LogP contribution is -2.27. The van der Waals surface area contributed by atoms with Gasteiger partial charge in [0.15, 0.2) is 0 Å². The Morgan fingerprint density at radius 3 is 2.27 bits per heavy atom. The zero-order valence-corrected chi connectivity index (χ0v) is 16.0. The second kappa shape index (κ2) is 7.75. The molecule has 0 bridgehead atoms. The van der Waals surface area contributed by atoms with Gasteiger partial charge in [-0.25, -0.2) is 4.98 Å². The van der Waals surface area contributed by atoms with Gasteiger partial charge in [-0.1, -0.05) is 54.1 Å². The number of benzene rings is 2. The zero-order valence-electron chi connectivity index (χ0n) is 15.3. The molecule has 4 nitrogen and oxygen atoms in total. The fourth-order valence-corrected chi connectivity index (χ4v) is 2.61. The van der Waals surface area contributed by atoms with Gasteiger partial charge in [0.2, 0.25) is 5.95 Å². The minimum Gasteiger partial charge on any atom is -0.366 e. The molecule has 0 saturated carbocycles. The van der Waals surface area contributed by atoms with Crippen molar-refractivity contribution in [3.63, 3.8) is 0 Å². The van der Waals surface area contributed by atoms with Gasteiger partial charge in [-0.3, -0.25) is 0 Å². The topological polar surface area (TPSA) is 49.8 Å². The van der Waals surface area contributed by atoms with E-state index in [0.717, 1.165) is 27.7 Å². The van der Waals surface area contributed by atoms with Crippen LogP contribution in [0.25, 0.3) is 11.3 Å². The van der Waals surface area contributed by atoms with Crippen molar-refractivity contribution in [3.8, 4) is 11.3 Å². The second-order valence-corrected chi connectivity index (χ2v) is 7.62. The smallest absolute Gasteiger partial charge is 0.225 e. The lowest BCUT2D eigenvalue weighted by Gasteiger charge is -2.21. The largest absolute Gasteiger partial charge is 0.366 e. The van der Waals surface area contributed by atoms with Crippen LogP contribution in [0.1, 0.15) is 26.3 Å². The molecule has 3 aromatic rings. The van der Waals surface area contributed by atoms with E-state index in [1.165, 1.54) is 0 Å². The Bertz CT molecular complexity index is 855. The molecule has 0 fully saturated rings. The highest BCUT2D eigenvalue weighted by Gasteiger charge is 2.13. The predicted octanol–water partition coefficient (Wildman–Crippen LogP) is 5.62. The molecule has 0 amide bonds. The first-order valence-electron chi connectivity index (χ1n) is 8.60. The number of hydrogen-bond donors (Lipinski definition) is 2. The summed E-state index contributed by atoms with van der Waals surface area (Å²) in [7, 11) is 0. The van der Waals surface area contributed by atoms with Gasteiger partial charge in [0.05, 0.1) is 5.69 Å². The first-order chi connectivity index (χ1) is 12.4. The number of nitrogens with one attached hydrogen (secondary N) is 2. The van der Waals surface area contributed by atoms with Crippen LogP contribution in [0.5, 0.6) is 0 Å². The van der Waals surface area contributed by atoms with Crippen LogP contribution in [0.2, 0.25) is 5.02 Å². The van der Waals surface area contributed by atoms with Crippen molar-refractivity contribution in [2.75, 3.05) is 10.6 Å². The average molecular weight is 367 g/mol. The third-order valence-electron chi connectivity index (χ3n) is 3.67. The van der Waals surface area contributed by atoms with Crippen LogP contribution in [0, 0.1) is 0 Å². The highest BCUT2D eigenvalue weighted by Crippen LogP contribution is 2.23. The summed E-state index contributed by atoms with van der Waals surface area (Å²) in [6.07, 6.45) is 0. The van der Waals surface area contributed by atoms with Crippen molar-refractivity contribution in [1.82, 2.24) is 9.97 Å². The van der Waals surface area contributed by atoms with E-state index in [1.54, 1.807) is 0 Å². The Labute approximate surface area is 159 Å². The van der Waals surface area contributed by atoms with Crippen LogP contribution >= 0.6 is 11.6 Å². The molecule has 0 aliphatic carbocycles. The minimum atomic E-state index is -0.122. The zero-order chi connectivity index (χ0) is 18.6. The fraction of sp³-hybridized carbons (Fsp3) is 0.238. The van der Waals surface area contributed by atoms with E-state index in [2.05, 4.69) is 41.4 Å². The normalized spacial score (nSPS) is 11.2. The Balaban J connectivity index is 1.87. The number of hydrogen-bond acceptors (Lipinski definition) is 4. The van der Waals surface area contributed by atoms with Crippen LogP contribution in [0.15, 0.2) is 60.7 Å². The van der Waals surface area contributed by atoms with Crippen molar-refractivity contribution in [2.45, 2.75) is 32.9 Å². The lowest BCUT2D eigenvalue weighted by molar-refractivity contribution is 0.626. The molecule has 0 radical (unpaired) electrons. The van der Waals surface area contributed by atoms with Gasteiger partial charge in [0.1, 0.15) is 5.82 Å². The van der Waals surface area contributed by atoms with E-state index >= 15 is 0 Å². The van der Waals surface area contributed by atoms with E-state index in [9.17, 15) is 0 Å². The maximum atomic E-state index is 5.95. The maximum Gasteiger partial charge on any atom is 0.225 e. The Kier molecular flexibility index (Phi) is 5.43. The molecule has 1 heterocycles. The first-order valence-corrected chi connectivity index (χ1v) is 8.98. The summed E-state index contributed by atoms with van der Waals surface area (Å²) in [6, 6.07) is 19.9. The molecule has 0 atom stereocenters. The van der Waals surface area contributed by atoms with Gasteiger partial charge < -0.3 is 10.6 Å². The molecule has 1 aromatic heterocycles. The standard InChI is InChI=1S/C21H23ClN4/c1-21(2,3)26-20-24-18(16-7-5-4-6-8-16)13-19(25-20)23-14-15-9-11-17(22)12-10-15/h4-13H,14H2,1-3H3,(H2,23,24,25,26). The van der Waals surface area contributed by atoms with Gasteiger partial charge in [0, 0.05) is 28.7 Å². The fourth-order valence-electron chi connectivity index (χ4n) is 2.48. The summed E-state index contributed by atoms with van der Waals surface area (Å²) in [5, 5.41) is 7.48. The molecule has 2 aromatic carbocycles. The molecule has 0 aliphatic rings. The monoisotopic (exact) mass is 366 g/mol. The third kappa shape index (κ3) is 5.20. The molecule has 0 aliphatic heterocycles. The van der Waals surface area contributed by atoms with E-state index < -0.39 is 0 Å². The van der Waals surface area contributed by atoms with Crippen molar-refractivity contribution in [2.24, 2.45) is 0 Å². The molecule has 3 rings (SSSR count). The third-order valence-corrected chi connectivity index (χ3v) is 3.92. The van der Waals surface area contributed by atoms with Crippen molar-refractivity contribution in [1.29, 1.82) is 0 Å². The number of halogens is 1. The molecule has 2 N–H and O–H groups in total. The summed E-state index contributed by atoms with van der Waals surface area (Å²) >= 11 is 5.95. The van der Waals surface area contributed by atoms with Gasteiger partial charge in [-0.2, -0.15) is 4.98 Å². The number of aromatic nitrogens is 2. The van der Waals surface area contributed by atoms with Gasteiger partial charge in [-0.15, -0.1) is 0 Å². The highest BCUT2D eigenvalue weighted by atomic mass is 35.5. The van der Waals surface area contributed by atoms with Crippen LogP contribution in [0.4, 0.5) is 11.8 Å². The molecule has 134 valence electrons. The van der Waals surface area contributed by atoms with Crippen LogP contribution in [-0.2, 0) is 6.54 Å². The van der Waals surface area contributed by atoms with E-state index in [4.69, 9.17) is 11.6 Å². The van der Waals surface area contributed by atoms with Gasteiger partial charge in [0.25, 0.3) is 0 Å². The second-order valence-electron chi connectivity index (χ2n) is 7.18. The van der Waals surface area contributed by atoms with Crippen LogP contribution in [-0.4, -0.2) is 15.5 Å². The van der Waals surface area contributed by atoms with Crippen molar-refractivity contribution in [3.05, 3.63) is 71.2 Å². The van der Waals surface area contributed by atoms with Crippen LogP contribution in [0.3, 0.4) is 0 Å². The summed E-state index contributed by atoms with van der Waals surface area (Å²) in [5.74, 6) is 1.39. The van der Waals surface area contributed by atoms with E-state index in [-0.39, 0.29) is 5.54 Å². The Morgan fingerprint density at radius 1 is 0.923 bits per heavy atom. The van der Waals surface area contributed by atoms with Crippen LogP contribution < -0.4 is 10.6 Å². The summed E-state index contributed by atoms with van der Waals surface area (Å²) in [4.78, 5) is 9.29.